The lowest BCUT2D eigenvalue weighted by Crippen LogP contribution is -2.36. The number of pyridine rings is 1. The molecule has 3 nitrogen and oxygen atoms in total. The molecule has 1 aromatic rings. The van der Waals surface area contributed by atoms with E-state index in [2.05, 4.69) is 22.1 Å². The normalized spacial score (nSPS) is 19.5. The molecule has 4 heteroatoms. The van der Waals surface area contributed by atoms with Gasteiger partial charge in [0, 0.05) is 12.2 Å². The fourth-order valence-corrected chi connectivity index (χ4v) is 2.84. The maximum absolute atomic E-state index is 13.2. The first-order chi connectivity index (χ1) is 9.20. The monoisotopic (exact) mass is 265 g/mol. The van der Waals surface area contributed by atoms with Gasteiger partial charge < -0.3 is 5.32 Å². The number of nitrogens with one attached hydrogen (secondary N) is 1. The third-order valence-electron chi connectivity index (χ3n) is 4.21. The minimum atomic E-state index is -0.242. The summed E-state index contributed by atoms with van der Waals surface area (Å²) in [7, 11) is 2.01. The molecule has 0 bridgehead atoms. The third-order valence-corrected chi connectivity index (χ3v) is 4.21. The standard InChI is InChI=1S/C15H24FN3/c1-12(14-9-15(16)11-18-10-14)19-7-4-13(5-8-19)3-6-17-2/h9-13,17H,3-8H2,1-2H3. The zero-order valence-corrected chi connectivity index (χ0v) is 11.9. The predicted molar refractivity (Wildman–Crippen MR) is 75.5 cm³/mol. The molecule has 1 atom stereocenters. The average molecular weight is 265 g/mol. The van der Waals surface area contributed by atoms with Crippen molar-refractivity contribution in [2.75, 3.05) is 26.7 Å². The number of hydrogen-bond acceptors (Lipinski definition) is 3. The van der Waals surface area contributed by atoms with Crippen LogP contribution in [0.2, 0.25) is 0 Å². The van der Waals surface area contributed by atoms with Gasteiger partial charge in [-0.2, -0.15) is 0 Å². The van der Waals surface area contributed by atoms with E-state index >= 15 is 0 Å². The lowest BCUT2D eigenvalue weighted by molar-refractivity contribution is 0.137. The number of hydrogen-bond donors (Lipinski definition) is 1. The molecule has 1 N–H and O–H groups in total. The summed E-state index contributed by atoms with van der Waals surface area (Å²) in [4.78, 5) is 6.38. The van der Waals surface area contributed by atoms with Crippen LogP contribution >= 0.6 is 0 Å². The van der Waals surface area contributed by atoms with Crippen LogP contribution in [-0.2, 0) is 0 Å². The molecule has 0 spiro atoms. The molecule has 2 heterocycles. The maximum atomic E-state index is 13.2. The molecule has 0 aliphatic carbocycles. The van der Waals surface area contributed by atoms with E-state index in [1.54, 1.807) is 12.3 Å². The Hall–Kier alpha value is -1.00. The molecule has 1 unspecified atom stereocenters. The van der Waals surface area contributed by atoms with Gasteiger partial charge in [-0.15, -0.1) is 0 Å². The van der Waals surface area contributed by atoms with Crippen molar-refractivity contribution in [2.24, 2.45) is 5.92 Å². The van der Waals surface area contributed by atoms with Crippen molar-refractivity contribution < 1.29 is 4.39 Å². The SMILES string of the molecule is CNCCC1CCN(C(C)c2cncc(F)c2)CC1. The summed E-state index contributed by atoms with van der Waals surface area (Å²) in [6.07, 6.45) is 6.80. The molecule has 1 aliphatic heterocycles. The van der Waals surface area contributed by atoms with Gasteiger partial charge in [0.05, 0.1) is 6.20 Å². The van der Waals surface area contributed by atoms with E-state index in [4.69, 9.17) is 0 Å². The van der Waals surface area contributed by atoms with Crippen LogP contribution in [-0.4, -0.2) is 36.6 Å². The van der Waals surface area contributed by atoms with Crippen molar-refractivity contribution in [2.45, 2.75) is 32.2 Å². The number of halogens is 1. The number of rotatable bonds is 5. The highest BCUT2D eigenvalue weighted by Crippen LogP contribution is 2.27. The van der Waals surface area contributed by atoms with Crippen molar-refractivity contribution in [3.05, 3.63) is 29.8 Å². The van der Waals surface area contributed by atoms with E-state index in [-0.39, 0.29) is 11.9 Å². The molecule has 0 aromatic carbocycles. The highest BCUT2D eigenvalue weighted by Gasteiger charge is 2.23. The summed E-state index contributed by atoms with van der Waals surface area (Å²) in [5.41, 5.74) is 0.980. The summed E-state index contributed by atoms with van der Waals surface area (Å²) in [5.74, 6) is 0.592. The highest BCUT2D eigenvalue weighted by molar-refractivity contribution is 5.14. The van der Waals surface area contributed by atoms with E-state index in [0.29, 0.717) is 0 Å². The van der Waals surface area contributed by atoms with Crippen LogP contribution in [0.15, 0.2) is 18.5 Å². The van der Waals surface area contributed by atoms with E-state index in [9.17, 15) is 4.39 Å². The summed E-state index contributed by atoms with van der Waals surface area (Å²) in [5, 5.41) is 3.22. The number of likely N-dealkylation sites (tertiary alicyclic amines) is 1. The van der Waals surface area contributed by atoms with Crippen molar-refractivity contribution in [3.63, 3.8) is 0 Å². The quantitative estimate of drug-likeness (QED) is 0.887. The molecule has 1 aromatic heterocycles. The number of piperidine rings is 1. The van der Waals surface area contributed by atoms with E-state index in [1.165, 1.54) is 25.5 Å². The van der Waals surface area contributed by atoms with Gasteiger partial charge >= 0.3 is 0 Å². The molecule has 19 heavy (non-hydrogen) atoms. The predicted octanol–water partition coefficient (Wildman–Crippen LogP) is 2.60. The summed E-state index contributed by atoms with van der Waals surface area (Å²) < 4.78 is 13.2. The number of aromatic nitrogens is 1. The first kappa shape index (κ1) is 14.4. The Morgan fingerprint density at radius 3 is 2.79 bits per heavy atom. The van der Waals surface area contributed by atoms with E-state index in [1.807, 2.05) is 7.05 Å². The van der Waals surface area contributed by atoms with Crippen LogP contribution < -0.4 is 5.32 Å². The van der Waals surface area contributed by atoms with Crippen LogP contribution in [0.25, 0.3) is 0 Å². The molecular weight excluding hydrogens is 241 g/mol. The Kier molecular flexibility index (Phi) is 5.28. The lowest BCUT2D eigenvalue weighted by atomic mass is 9.92. The van der Waals surface area contributed by atoms with Crippen molar-refractivity contribution in [3.8, 4) is 0 Å². The van der Waals surface area contributed by atoms with Crippen molar-refractivity contribution in [1.29, 1.82) is 0 Å². The smallest absolute Gasteiger partial charge is 0.141 e. The second-order valence-electron chi connectivity index (χ2n) is 5.48. The fourth-order valence-electron chi connectivity index (χ4n) is 2.84. The van der Waals surface area contributed by atoms with E-state index in [0.717, 1.165) is 31.1 Å². The molecule has 1 aliphatic rings. The maximum Gasteiger partial charge on any atom is 0.141 e. The van der Waals surface area contributed by atoms with Crippen LogP contribution in [0.5, 0.6) is 0 Å². The molecule has 0 amide bonds. The Bertz CT molecular complexity index is 389. The minimum Gasteiger partial charge on any atom is -0.320 e. The lowest BCUT2D eigenvalue weighted by Gasteiger charge is -2.36. The zero-order valence-electron chi connectivity index (χ0n) is 11.9. The van der Waals surface area contributed by atoms with Gasteiger partial charge in [0.15, 0.2) is 0 Å². The molecule has 2 rings (SSSR count). The molecule has 0 saturated carbocycles. The molecule has 1 saturated heterocycles. The van der Waals surface area contributed by atoms with Crippen LogP contribution in [0, 0.1) is 11.7 Å². The number of nitrogens with zero attached hydrogens (tertiary/aromatic N) is 2. The fraction of sp³-hybridized carbons (Fsp3) is 0.667. The average Bonchev–Trinajstić information content (AvgIpc) is 2.45. The van der Waals surface area contributed by atoms with Crippen molar-refractivity contribution >= 4 is 0 Å². The Morgan fingerprint density at radius 2 is 2.16 bits per heavy atom. The first-order valence-corrected chi connectivity index (χ1v) is 7.20. The molecular formula is C15H24FN3. The van der Waals surface area contributed by atoms with Gasteiger partial charge in [-0.05, 0) is 70.4 Å². The van der Waals surface area contributed by atoms with Gasteiger partial charge in [0.25, 0.3) is 0 Å². The van der Waals surface area contributed by atoms with Gasteiger partial charge in [-0.3, -0.25) is 9.88 Å². The second-order valence-corrected chi connectivity index (χ2v) is 5.48. The Balaban J connectivity index is 1.87. The van der Waals surface area contributed by atoms with Crippen LogP contribution in [0.1, 0.15) is 37.8 Å². The Morgan fingerprint density at radius 1 is 1.42 bits per heavy atom. The van der Waals surface area contributed by atoms with Gasteiger partial charge in [-0.1, -0.05) is 0 Å². The van der Waals surface area contributed by atoms with Crippen LogP contribution in [0.4, 0.5) is 4.39 Å². The molecule has 1 fully saturated rings. The van der Waals surface area contributed by atoms with Gasteiger partial charge in [0.2, 0.25) is 0 Å². The largest absolute Gasteiger partial charge is 0.320 e. The highest BCUT2D eigenvalue weighted by atomic mass is 19.1. The van der Waals surface area contributed by atoms with Crippen LogP contribution in [0.3, 0.4) is 0 Å². The summed E-state index contributed by atoms with van der Waals surface area (Å²) in [6.45, 7) is 5.45. The van der Waals surface area contributed by atoms with E-state index < -0.39 is 0 Å². The summed E-state index contributed by atoms with van der Waals surface area (Å²) in [6, 6.07) is 1.86. The summed E-state index contributed by atoms with van der Waals surface area (Å²) >= 11 is 0. The third kappa shape index (κ3) is 3.98. The zero-order chi connectivity index (χ0) is 13.7. The Labute approximate surface area is 115 Å². The topological polar surface area (TPSA) is 28.2 Å². The molecule has 0 radical (unpaired) electrons. The second kappa shape index (κ2) is 6.96. The van der Waals surface area contributed by atoms with Gasteiger partial charge in [-0.25, -0.2) is 4.39 Å². The van der Waals surface area contributed by atoms with Gasteiger partial charge in [0.1, 0.15) is 5.82 Å². The first-order valence-electron chi connectivity index (χ1n) is 7.20. The van der Waals surface area contributed by atoms with Crippen molar-refractivity contribution in [1.82, 2.24) is 15.2 Å². The molecule has 106 valence electrons. The minimum absolute atomic E-state index is 0.242.